The fourth-order valence-electron chi connectivity index (χ4n) is 2.48. The van der Waals surface area contributed by atoms with Gasteiger partial charge in [-0.2, -0.15) is 0 Å². The van der Waals surface area contributed by atoms with Gasteiger partial charge in [-0.1, -0.05) is 20.8 Å². The molecule has 0 saturated carbocycles. The zero-order valence-electron chi connectivity index (χ0n) is 13.6. The lowest BCUT2D eigenvalue weighted by atomic mass is 9.76. The molecule has 5 nitrogen and oxygen atoms in total. The maximum absolute atomic E-state index is 12.0. The van der Waals surface area contributed by atoms with Gasteiger partial charge in [0, 0.05) is 31.6 Å². The van der Waals surface area contributed by atoms with Gasteiger partial charge >= 0.3 is 5.97 Å². The molecule has 21 heavy (non-hydrogen) atoms. The molecule has 1 aliphatic heterocycles. The van der Waals surface area contributed by atoms with Crippen LogP contribution in [-0.4, -0.2) is 36.6 Å². The van der Waals surface area contributed by atoms with E-state index in [1.54, 1.807) is 0 Å². The number of hydrogen-bond donors (Lipinski definition) is 3. The number of rotatable bonds is 7. The first-order chi connectivity index (χ1) is 9.71. The first-order valence-corrected chi connectivity index (χ1v) is 7.61. The summed E-state index contributed by atoms with van der Waals surface area (Å²) in [6.45, 7) is 10.4. The highest BCUT2D eigenvalue weighted by molar-refractivity contribution is 5.93. The highest BCUT2D eigenvalue weighted by atomic mass is 16.4. The van der Waals surface area contributed by atoms with E-state index in [0.29, 0.717) is 13.0 Å². The van der Waals surface area contributed by atoms with Crippen LogP contribution in [0.15, 0.2) is 11.1 Å². The summed E-state index contributed by atoms with van der Waals surface area (Å²) < 4.78 is 0. The topological polar surface area (TPSA) is 78.4 Å². The van der Waals surface area contributed by atoms with Gasteiger partial charge in [-0.25, -0.2) is 0 Å². The molecule has 0 bridgehead atoms. The minimum Gasteiger partial charge on any atom is -0.481 e. The summed E-state index contributed by atoms with van der Waals surface area (Å²) in [5.41, 5.74) is 2.03. The number of hydrogen-bond acceptors (Lipinski definition) is 3. The molecule has 1 amide bonds. The van der Waals surface area contributed by atoms with Crippen molar-refractivity contribution in [3.8, 4) is 0 Å². The van der Waals surface area contributed by atoms with E-state index in [0.717, 1.165) is 25.1 Å². The Morgan fingerprint density at radius 2 is 1.90 bits per heavy atom. The second kappa shape index (κ2) is 7.59. The summed E-state index contributed by atoms with van der Waals surface area (Å²) in [6.07, 6.45) is 1.65. The first kappa shape index (κ1) is 17.7. The lowest BCUT2D eigenvalue weighted by Gasteiger charge is -2.30. The highest BCUT2D eigenvalue weighted by Crippen LogP contribution is 2.32. The van der Waals surface area contributed by atoms with Gasteiger partial charge in [-0.3, -0.25) is 9.59 Å². The zero-order valence-corrected chi connectivity index (χ0v) is 13.6. The van der Waals surface area contributed by atoms with Crippen LogP contribution in [0.3, 0.4) is 0 Å². The van der Waals surface area contributed by atoms with Crippen molar-refractivity contribution >= 4 is 11.9 Å². The Morgan fingerprint density at radius 1 is 1.29 bits per heavy atom. The number of carbonyl (C=O) groups is 2. The summed E-state index contributed by atoms with van der Waals surface area (Å²) >= 11 is 0. The molecular weight excluding hydrogens is 268 g/mol. The fraction of sp³-hybridized carbons (Fsp3) is 0.750. The normalized spacial score (nSPS) is 16.1. The molecule has 0 aromatic rings. The molecule has 1 rings (SSSR count). The molecule has 1 heterocycles. The second-order valence-electron chi connectivity index (χ2n) is 6.87. The summed E-state index contributed by atoms with van der Waals surface area (Å²) in [5, 5.41) is 14.9. The van der Waals surface area contributed by atoms with Crippen LogP contribution >= 0.6 is 0 Å². The predicted molar refractivity (Wildman–Crippen MR) is 83.0 cm³/mol. The first-order valence-electron chi connectivity index (χ1n) is 7.61. The van der Waals surface area contributed by atoms with Crippen LogP contribution in [0.1, 0.15) is 47.0 Å². The van der Waals surface area contributed by atoms with E-state index in [-0.39, 0.29) is 23.7 Å². The van der Waals surface area contributed by atoms with Crippen molar-refractivity contribution in [2.45, 2.75) is 47.0 Å². The summed E-state index contributed by atoms with van der Waals surface area (Å²) in [4.78, 5) is 22.7. The smallest absolute Gasteiger partial charge is 0.303 e. The Labute approximate surface area is 127 Å². The van der Waals surface area contributed by atoms with Crippen LogP contribution in [-0.2, 0) is 9.59 Å². The summed E-state index contributed by atoms with van der Waals surface area (Å²) in [7, 11) is 0. The van der Waals surface area contributed by atoms with Gasteiger partial charge in [0.25, 0.3) is 0 Å². The Balaban J connectivity index is 2.42. The number of carboxylic acid groups (broad SMARTS) is 1. The Hall–Kier alpha value is -1.36. The molecular formula is C16H28N2O3. The molecule has 1 unspecified atom stereocenters. The quantitative estimate of drug-likeness (QED) is 0.627. The third-order valence-corrected chi connectivity index (χ3v) is 4.26. The molecule has 0 aromatic carbocycles. The molecule has 0 aromatic heterocycles. The van der Waals surface area contributed by atoms with Gasteiger partial charge in [0.15, 0.2) is 0 Å². The number of carboxylic acids is 1. The van der Waals surface area contributed by atoms with Gasteiger partial charge in [0.2, 0.25) is 5.91 Å². The lowest BCUT2D eigenvalue weighted by Crippen LogP contribution is -2.38. The van der Waals surface area contributed by atoms with Gasteiger partial charge in [-0.05, 0) is 36.7 Å². The largest absolute Gasteiger partial charge is 0.481 e. The molecule has 1 saturated heterocycles. The fourth-order valence-corrected chi connectivity index (χ4v) is 2.48. The number of aliphatic carboxylic acids is 1. The van der Waals surface area contributed by atoms with Gasteiger partial charge in [0.1, 0.15) is 0 Å². The molecule has 1 atom stereocenters. The van der Waals surface area contributed by atoms with Crippen LogP contribution < -0.4 is 10.6 Å². The summed E-state index contributed by atoms with van der Waals surface area (Å²) in [5.74, 6) is -0.476. The van der Waals surface area contributed by atoms with Crippen molar-refractivity contribution < 1.29 is 14.7 Å². The summed E-state index contributed by atoms with van der Waals surface area (Å²) in [6, 6.07) is 0. The van der Waals surface area contributed by atoms with E-state index in [9.17, 15) is 9.59 Å². The molecule has 1 fully saturated rings. The Bertz CT molecular complexity index is 416. The molecule has 0 spiro atoms. The molecule has 0 radical (unpaired) electrons. The van der Waals surface area contributed by atoms with Crippen molar-refractivity contribution in [1.29, 1.82) is 0 Å². The Morgan fingerprint density at radius 3 is 2.33 bits per heavy atom. The van der Waals surface area contributed by atoms with Gasteiger partial charge in [0.05, 0.1) is 0 Å². The Kier molecular flexibility index (Phi) is 6.40. The highest BCUT2D eigenvalue weighted by Gasteiger charge is 2.25. The van der Waals surface area contributed by atoms with Crippen LogP contribution in [0.25, 0.3) is 0 Å². The zero-order chi connectivity index (χ0) is 16.0. The molecule has 3 N–H and O–H groups in total. The SMILES string of the molecule is CC(C(=O)NCCC(CCC(=O)O)C(C)(C)C)=C1CNC1. The van der Waals surface area contributed by atoms with E-state index < -0.39 is 5.97 Å². The predicted octanol–water partition coefficient (Wildman–Crippen LogP) is 1.94. The maximum Gasteiger partial charge on any atom is 0.303 e. The number of nitrogens with one attached hydrogen (secondary N) is 2. The van der Waals surface area contributed by atoms with Crippen LogP contribution in [0.2, 0.25) is 0 Å². The van der Waals surface area contributed by atoms with Crippen LogP contribution in [0, 0.1) is 11.3 Å². The molecule has 120 valence electrons. The van der Waals surface area contributed by atoms with E-state index in [4.69, 9.17) is 5.11 Å². The van der Waals surface area contributed by atoms with Crippen molar-refractivity contribution in [2.75, 3.05) is 19.6 Å². The van der Waals surface area contributed by atoms with Gasteiger partial charge in [-0.15, -0.1) is 0 Å². The van der Waals surface area contributed by atoms with Crippen molar-refractivity contribution in [1.82, 2.24) is 10.6 Å². The van der Waals surface area contributed by atoms with E-state index in [2.05, 4.69) is 31.4 Å². The molecule has 0 aliphatic carbocycles. The van der Waals surface area contributed by atoms with Crippen molar-refractivity contribution in [3.05, 3.63) is 11.1 Å². The number of amides is 1. The lowest BCUT2D eigenvalue weighted by molar-refractivity contribution is -0.137. The molecule has 1 aliphatic rings. The average molecular weight is 296 g/mol. The maximum atomic E-state index is 12.0. The van der Waals surface area contributed by atoms with Crippen LogP contribution in [0.5, 0.6) is 0 Å². The monoisotopic (exact) mass is 296 g/mol. The van der Waals surface area contributed by atoms with Crippen LogP contribution in [0.4, 0.5) is 0 Å². The van der Waals surface area contributed by atoms with E-state index in [1.165, 1.54) is 5.57 Å². The standard InChI is InChI=1S/C16H28N2O3/c1-11(12-9-17-10-12)15(21)18-8-7-13(16(2,3)4)5-6-14(19)20/h13,17H,5-10H2,1-4H3,(H,18,21)(H,19,20). The van der Waals surface area contributed by atoms with E-state index >= 15 is 0 Å². The number of carbonyl (C=O) groups excluding carboxylic acids is 1. The minimum atomic E-state index is -0.758. The molecule has 5 heteroatoms. The van der Waals surface area contributed by atoms with Gasteiger partial charge < -0.3 is 15.7 Å². The third kappa shape index (κ3) is 5.87. The minimum absolute atomic E-state index is 0.00241. The van der Waals surface area contributed by atoms with Crippen molar-refractivity contribution in [3.63, 3.8) is 0 Å². The third-order valence-electron chi connectivity index (χ3n) is 4.26. The average Bonchev–Trinajstić information content (AvgIpc) is 2.28. The second-order valence-corrected chi connectivity index (χ2v) is 6.87. The van der Waals surface area contributed by atoms with E-state index in [1.807, 2.05) is 6.92 Å². The van der Waals surface area contributed by atoms with Crippen molar-refractivity contribution in [2.24, 2.45) is 11.3 Å².